The zero-order valence-electron chi connectivity index (χ0n) is 23.9. The van der Waals surface area contributed by atoms with Crippen molar-refractivity contribution in [2.24, 2.45) is 0 Å². The maximum atomic E-state index is 14.8. The normalized spacial score (nSPS) is 23.1. The predicted octanol–water partition coefficient (Wildman–Crippen LogP) is 5.85. The first-order valence-corrected chi connectivity index (χ1v) is 13.8. The lowest BCUT2D eigenvalue weighted by atomic mass is 9.89. The lowest BCUT2D eigenvalue weighted by Crippen LogP contribution is -2.56. The summed E-state index contributed by atoms with van der Waals surface area (Å²) in [6, 6.07) is 2.53. The van der Waals surface area contributed by atoms with Gasteiger partial charge in [0.2, 0.25) is 0 Å². The molecule has 0 amide bonds. The van der Waals surface area contributed by atoms with E-state index in [9.17, 15) is 45.3 Å². The van der Waals surface area contributed by atoms with Crippen LogP contribution in [0.2, 0.25) is 5.02 Å². The number of aromatic nitrogens is 5. The second-order valence-corrected chi connectivity index (χ2v) is 11.0. The Morgan fingerprint density at radius 2 is 1.67 bits per heavy atom. The highest BCUT2D eigenvalue weighted by Crippen LogP contribution is 2.43. The van der Waals surface area contributed by atoms with E-state index < -0.39 is 82.9 Å². The van der Waals surface area contributed by atoms with Gasteiger partial charge in [0.15, 0.2) is 17.5 Å². The van der Waals surface area contributed by atoms with Gasteiger partial charge < -0.3 is 19.7 Å². The Morgan fingerprint density at radius 1 is 1.02 bits per heavy atom. The standard InChI is InChI=1S/C28H24ClF8N5O4/c1-11(43)23-24(45-3)21(41-10-13(9-38-41)15-5-7-17(28(35,36)37)20(31)19(15)30)22(44)25(46-23)26-39-12(2)40-42(26)18-8-14(29)4-6-16(18)27(32,33)34/h4-11,21-25,43-44H,1-3H3/t11?,21?,22?,23?,24-,25-/m1/s1. The Morgan fingerprint density at radius 3 is 2.28 bits per heavy atom. The van der Waals surface area contributed by atoms with Crippen LogP contribution in [-0.2, 0) is 21.8 Å². The van der Waals surface area contributed by atoms with Crippen molar-refractivity contribution in [3.8, 4) is 16.8 Å². The third-order valence-electron chi connectivity index (χ3n) is 7.46. The quantitative estimate of drug-likeness (QED) is 0.246. The molecular formula is C28H24ClF8N5O4. The van der Waals surface area contributed by atoms with Gasteiger partial charge in [0, 0.05) is 29.5 Å². The largest absolute Gasteiger partial charge is 0.419 e. The van der Waals surface area contributed by atoms with E-state index in [4.69, 9.17) is 21.1 Å². The van der Waals surface area contributed by atoms with Gasteiger partial charge in [-0.1, -0.05) is 17.7 Å². The number of aryl methyl sites for hydroxylation is 1. The second-order valence-electron chi connectivity index (χ2n) is 10.5. The van der Waals surface area contributed by atoms with Gasteiger partial charge in [0.25, 0.3) is 0 Å². The molecule has 18 heteroatoms. The van der Waals surface area contributed by atoms with Gasteiger partial charge in [-0.15, -0.1) is 0 Å². The number of rotatable bonds is 6. The summed E-state index contributed by atoms with van der Waals surface area (Å²) in [5.41, 5.74) is -4.24. The number of aliphatic hydroxyl groups is 2. The molecule has 2 N–H and O–H groups in total. The molecule has 0 radical (unpaired) electrons. The molecule has 2 aromatic heterocycles. The van der Waals surface area contributed by atoms with Crippen LogP contribution >= 0.6 is 11.6 Å². The van der Waals surface area contributed by atoms with Crippen LogP contribution in [0.15, 0.2) is 42.7 Å². The van der Waals surface area contributed by atoms with Crippen LogP contribution in [0.5, 0.6) is 0 Å². The van der Waals surface area contributed by atoms with Gasteiger partial charge in [0.05, 0.1) is 29.1 Å². The number of methoxy groups -OCH3 is 1. The minimum atomic E-state index is -5.15. The van der Waals surface area contributed by atoms with E-state index in [0.717, 1.165) is 40.0 Å². The smallest absolute Gasteiger partial charge is 0.391 e. The van der Waals surface area contributed by atoms with Crippen molar-refractivity contribution < 1.29 is 54.8 Å². The second kappa shape index (κ2) is 12.2. The van der Waals surface area contributed by atoms with Gasteiger partial charge in [0.1, 0.15) is 36.3 Å². The maximum Gasteiger partial charge on any atom is 0.419 e. The molecule has 2 aromatic carbocycles. The Balaban J connectivity index is 1.61. The number of aliphatic hydroxyl groups excluding tert-OH is 2. The van der Waals surface area contributed by atoms with Crippen LogP contribution in [0, 0.1) is 18.6 Å². The van der Waals surface area contributed by atoms with Crippen molar-refractivity contribution >= 4 is 11.6 Å². The third-order valence-corrected chi connectivity index (χ3v) is 7.70. The van der Waals surface area contributed by atoms with E-state index in [1.54, 1.807) is 0 Å². The van der Waals surface area contributed by atoms with Crippen molar-refractivity contribution in [3.63, 3.8) is 0 Å². The Labute approximate surface area is 259 Å². The molecule has 1 saturated heterocycles. The van der Waals surface area contributed by atoms with Gasteiger partial charge in [-0.25, -0.2) is 18.4 Å². The van der Waals surface area contributed by atoms with Crippen LogP contribution in [0.3, 0.4) is 0 Å². The summed E-state index contributed by atoms with van der Waals surface area (Å²) in [5, 5.41) is 30.4. The van der Waals surface area contributed by atoms with Crippen molar-refractivity contribution in [3.05, 3.63) is 82.2 Å². The van der Waals surface area contributed by atoms with Crippen LogP contribution in [-0.4, -0.2) is 66.3 Å². The van der Waals surface area contributed by atoms with E-state index in [-0.39, 0.29) is 22.2 Å². The molecule has 6 atom stereocenters. The highest BCUT2D eigenvalue weighted by molar-refractivity contribution is 6.30. The van der Waals surface area contributed by atoms with Gasteiger partial charge in [-0.05, 0) is 38.1 Å². The number of ether oxygens (including phenoxy) is 2. The first kappa shape index (κ1) is 33.7. The first-order valence-electron chi connectivity index (χ1n) is 13.4. The summed E-state index contributed by atoms with van der Waals surface area (Å²) in [4.78, 5) is 4.21. The van der Waals surface area contributed by atoms with Crippen LogP contribution in [0.4, 0.5) is 35.1 Å². The fourth-order valence-corrected chi connectivity index (χ4v) is 5.59. The van der Waals surface area contributed by atoms with E-state index in [1.165, 1.54) is 21.0 Å². The van der Waals surface area contributed by atoms with Crippen molar-refractivity contribution in [1.29, 1.82) is 0 Å². The number of hydrogen-bond donors (Lipinski definition) is 2. The molecule has 248 valence electrons. The molecule has 0 saturated carbocycles. The fraction of sp³-hybridized carbons (Fsp3) is 0.393. The van der Waals surface area contributed by atoms with Crippen LogP contribution in [0.25, 0.3) is 16.8 Å². The summed E-state index contributed by atoms with van der Waals surface area (Å²) < 4.78 is 124. The Bertz CT molecular complexity index is 1740. The topological polar surface area (TPSA) is 107 Å². The Hall–Kier alpha value is -3.64. The molecule has 0 spiro atoms. The lowest BCUT2D eigenvalue weighted by Gasteiger charge is -2.45. The van der Waals surface area contributed by atoms with Crippen LogP contribution < -0.4 is 0 Å². The molecule has 5 rings (SSSR count). The fourth-order valence-electron chi connectivity index (χ4n) is 5.42. The molecule has 9 nitrogen and oxygen atoms in total. The molecular weight excluding hydrogens is 658 g/mol. The minimum Gasteiger partial charge on any atom is -0.391 e. The molecule has 1 aliphatic heterocycles. The SMILES string of the molecule is CO[C@H]1C(C(C)O)O[C@@H](c2nc(C)nn2-c2cc(Cl)ccc2C(F)(F)F)C(O)C1n1cc(-c2ccc(C(F)(F)F)c(F)c2F)cn1. The molecule has 3 heterocycles. The summed E-state index contributed by atoms with van der Waals surface area (Å²) >= 11 is 6.02. The summed E-state index contributed by atoms with van der Waals surface area (Å²) in [6.45, 7) is 2.71. The number of halogens is 9. The number of alkyl halides is 6. The summed E-state index contributed by atoms with van der Waals surface area (Å²) in [7, 11) is 1.22. The van der Waals surface area contributed by atoms with Gasteiger partial charge in [-0.3, -0.25) is 4.68 Å². The van der Waals surface area contributed by atoms with Gasteiger partial charge >= 0.3 is 12.4 Å². The maximum absolute atomic E-state index is 14.8. The summed E-state index contributed by atoms with van der Waals surface area (Å²) in [5.74, 6) is -4.25. The zero-order valence-corrected chi connectivity index (χ0v) is 24.6. The van der Waals surface area contributed by atoms with E-state index in [0.29, 0.717) is 12.1 Å². The zero-order chi connectivity index (χ0) is 33.9. The molecule has 46 heavy (non-hydrogen) atoms. The highest BCUT2D eigenvalue weighted by Gasteiger charge is 2.51. The number of benzene rings is 2. The van der Waals surface area contributed by atoms with E-state index in [2.05, 4.69) is 15.2 Å². The van der Waals surface area contributed by atoms with Crippen molar-refractivity contribution in [1.82, 2.24) is 24.5 Å². The highest BCUT2D eigenvalue weighted by atomic mass is 35.5. The molecule has 1 fully saturated rings. The van der Waals surface area contributed by atoms with Crippen molar-refractivity contribution in [2.45, 2.75) is 62.8 Å². The molecule has 4 aromatic rings. The monoisotopic (exact) mass is 681 g/mol. The molecule has 4 unspecified atom stereocenters. The number of nitrogens with zero attached hydrogens (tertiary/aromatic N) is 5. The summed E-state index contributed by atoms with van der Waals surface area (Å²) in [6.07, 6.45) is -15.0. The Kier molecular flexibility index (Phi) is 8.93. The third kappa shape index (κ3) is 6.09. The first-order chi connectivity index (χ1) is 21.4. The minimum absolute atomic E-state index is 0.0147. The van der Waals surface area contributed by atoms with E-state index in [1.807, 2.05) is 0 Å². The molecule has 0 aliphatic carbocycles. The molecule has 0 bridgehead atoms. The van der Waals surface area contributed by atoms with Crippen molar-refractivity contribution in [2.75, 3.05) is 7.11 Å². The number of hydrogen-bond acceptors (Lipinski definition) is 7. The lowest BCUT2D eigenvalue weighted by molar-refractivity contribution is -0.230. The van der Waals surface area contributed by atoms with Gasteiger partial charge in [-0.2, -0.15) is 36.5 Å². The predicted molar refractivity (Wildman–Crippen MR) is 144 cm³/mol. The average molecular weight is 682 g/mol. The average Bonchev–Trinajstić information content (AvgIpc) is 3.59. The van der Waals surface area contributed by atoms with E-state index >= 15 is 0 Å². The molecule has 1 aliphatic rings. The van der Waals surface area contributed by atoms with Crippen LogP contribution in [0.1, 0.15) is 41.8 Å².